The molecule has 2 aromatic carbocycles. The average molecular weight is 781 g/mol. The Hall–Kier alpha value is -1.80. The number of hydrogen-bond acceptors (Lipinski definition) is 7. The standard InChI is InChI=1S/C45H69O7PSi/c1-32(20-23-41(46)48-7)37-21-22-38-42-39(25-27-45(37,38)6)44(5)26-24-36(52-54(8,9)43(2,3)4)28-35(44)29-40(42)51-53(47,49-30-33-16-12-10-13-17-33)50-31-34-18-14-11-15-19-34/h10-19,32,35-40,42H,20-31H2,1-9H3/t32-,35?,36?,37-,38+,39+,40-,42?,44?,45?/m1/s1. The van der Waals surface area contributed by atoms with Gasteiger partial charge < -0.3 is 9.16 Å². The lowest BCUT2D eigenvalue weighted by Crippen LogP contribution is -2.59. The average Bonchev–Trinajstić information content (AvgIpc) is 3.50. The van der Waals surface area contributed by atoms with Crippen molar-refractivity contribution in [2.24, 2.45) is 46.3 Å². The van der Waals surface area contributed by atoms with Crippen LogP contribution in [0.5, 0.6) is 0 Å². The fourth-order valence-electron chi connectivity index (χ4n) is 11.3. The third-order valence-electron chi connectivity index (χ3n) is 15.4. The van der Waals surface area contributed by atoms with Crippen LogP contribution in [0.25, 0.3) is 0 Å². The third kappa shape index (κ3) is 8.85. The molecule has 6 rings (SSSR count). The lowest BCUT2D eigenvalue weighted by Gasteiger charge is -2.63. The molecule has 2 aromatic rings. The smallest absolute Gasteiger partial charge is 0.469 e. The SMILES string of the molecule is COC(=O)CC[C@@H](C)[C@H]1CC[C@H]2C3[C@H](OP(=O)(OCc4ccccc4)OCc4ccccc4)CC4CC(O[Si](C)(C)C(C)(C)C)CCC4(C)[C@H]3CCC12C. The third-order valence-corrected chi connectivity index (χ3v) is 21.4. The Morgan fingerprint density at radius 1 is 0.852 bits per heavy atom. The Labute approximate surface area is 327 Å². The van der Waals surface area contributed by atoms with Crippen LogP contribution >= 0.6 is 7.82 Å². The predicted octanol–water partition coefficient (Wildman–Crippen LogP) is 12.2. The van der Waals surface area contributed by atoms with Crippen LogP contribution in [0.2, 0.25) is 18.1 Å². The van der Waals surface area contributed by atoms with E-state index in [1.807, 2.05) is 60.7 Å². The number of methoxy groups -OCH3 is 1. The molecule has 7 nitrogen and oxygen atoms in total. The Morgan fingerprint density at radius 2 is 1.43 bits per heavy atom. The molecule has 4 fully saturated rings. The molecule has 0 heterocycles. The van der Waals surface area contributed by atoms with Crippen LogP contribution < -0.4 is 0 Å². The van der Waals surface area contributed by atoms with Crippen molar-refractivity contribution in [2.45, 2.75) is 149 Å². The maximum absolute atomic E-state index is 15.1. The molecule has 0 spiro atoms. The number of rotatable bonds is 14. The van der Waals surface area contributed by atoms with E-state index in [4.69, 9.17) is 22.7 Å². The molecule has 0 bridgehead atoms. The minimum absolute atomic E-state index is 0.115. The Kier molecular flexibility index (Phi) is 12.8. The summed E-state index contributed by atoms with van der Waals surface area (Å²) in [6.45, 7) is 19.5. The molecule has 54 heavy (non-hydrogen) atoms. The molecular weight excluding hydrogens is 712 g/mol. The Morgan fingerprint density at radius 3 is 2.00 bits per heavy atom. The zero-order chi connectivity index (χ0) is 38.9. The van der Waals surface area contributed by atoms with E-state index in [0.29, 0.717) is 36.0 Å². The van der Waals surface area contributed by atoms with Crippen LogP contribution in [-0.2, 0) is 45.3 Å². The number of esters is 1. The van der Waals surface area contributed by atoms with E-state index in [0.717, 1.165) is 62.5 Å². The van der Waals surface area contributed by atoms with Gasteiger partial charge in [-0.05, 0) is 133 Å². The van der Waals surface area contributed by atoms with Crippen molar-refractivity contribution >= 4 is 22.1 Å². The topological polar surface area (TPSA) is 80.3 Å². The molecule has 0 aliphatic heterocycles. The summed E-state index contributed by atoms with van der Waals surface area (Å²) >= 11 is 0. The van der Waals surface area contributed by atoms with Gasteiger partial charge in [0, 0.05) is 12.5 Å². The van der Waals surface area contributed by atoms with Crippen LogP contribution in [0, 0.1) is 46.3 Å². The minimum atomic E-state index is -4.02. The van der Waals surface area contributed by atoms with E-state index >= 15 is 4.57 Å². The fraction of sp³-hybridized carbons (Fsp3) is 0.711. The van der Waals surface area contributed by atoms with Crippen molar-refractivity contribution in [3.8, 4) is 0 Å². The predicted molar refractivity (Wildman–Crippen MR) is 218 cm³/mol. The van der Waals surface area contributed by atoms with Crippen molar-refractivity contribution < 1.29 is 32.1 Å². The van der Waals surface area contributed by atoms with Crippen LogP contribution in [0.15, 0.2) is 60.7 Å². The molecular formula is C45H69O7PSi. The van der Waals surface area contributed by atoms with E-state index < -0.39 is 16.1 Å². The number of fused-ring (bicyclic) bond motifs is 5. The molecule has 0 N–H and O–H groups in total. The summed E-state index contributed by atoms with van der Waals surface area (Å²) in [5.41, 5.74) is 2.14. The first kappa shape index (κ1) is 41.8. The van der Waals surface area contributed by atoms with Crippen molar-refractivity contribution in [1.29, 1.82) is 0 Å². The second-order valence-corrected chi connectivity index (χ2v) is 25.8. The summed E-state index contributed by atoms with van der Waals surface area (Å²) in [7, 11) is -4.49. The van der Waals surface area contributed by atoms with Crippen LogP contribution in [-0.4, -0.2) is 33.6 Å². The first-order valence-electron chi connectivity index (χ1n) is 20.9. The Balaban J connectivity index is 1.32. The zero-order valence-corrected chi connectivity index (χ0v) is 36.6. The number of carbonyl (C=O) groups excluding carboxylic acids is 1. The molecule has 0 amide bonds. The Bertz CT molecular complexity index is 1550. The first-order valence-corrected chi connectivity index (χ1v) is 25.2. The zero-order valence-electron chi connectivity index (χ0n) is 34.7. The number of benzene rings is 2. The van der Waals surface area contributed by atoms with E-state index in [2.05, 4.69) is 54.6 Å². The van der Waals surface area contributed by atoms with Gasteiger partial charge in [-0.25, -0.2) is 4.57 Å². The summed E-state index contributed by atoms with van der Waals surface area (Å²) in [6.07, 6.45) is 9.97. The molecule has 4 saturated carbocycles. The molecule has 0 saturated heterocycles. The normalized spacial score (nSPS) is 33.3. The van der Waals surface area contributed by atoms with Gasteiger partial charge >= 0.3 is 13.8 Å². The van der Waals surface area contributed by atoms with Gasteiger partial charge in [0.2, 0.25) is 0 Å². The van der Waals surface area contributed by atoms with Crippen LogP contribution in [0.3, 0.4) is 0 Å². The molecule has 300 valence electrons. The highest BCUT2D eigenvalue weighted by Gasteiger charge is 2.64. The van der Waals surface area contributed by atoms with Gasteiger partial charge in [0.25, 0.3) is 0 Å². The van der Waals surface area contributed by atoms with E-state index in [1.165, 1.54) is 13.5 Å². The quantitative estimate of drug-likeness (QED) is 0.107. The summed E-state index contributed by atoms with van der Waals surface area (Å²) in [4.78, 5) is 12.2. The summed E-state index contributed by atoms with van der Waals surface area (Å²) in [6, 6.07) is 19.8. The largest absolute Gasteiger partial charge is 0.475 e. The second kappa shape index (κ2) is 16.6. The number of phosphoric ester groups is 1. The van der Waals surface area contributed by atoms with Crippen molar-refractivity contribution in [3.05, 3.63) is 71.8 Å². The molecule has 0 radical (unpaired) electrons. The first-order chi connectivity index (χ1) is 25.5. The molecule has 10 atom stereocenters. The lowest BCUT2D eigenvalue weighted by molar-refractivity contribution is -0.171. The second-order valence-electron chi connectivity index (χ2n) is 19.4. The fourth-order valence-corrected chi connectivity index (χ4v) is 14.1. The molecule has 5 unspecified atom stereocenters. The highest BCUT2D eigenvalue weighted by Crippen LogP contribution is 2.70. The van der Waals surface area contributed by atoms with Gasteiger partial charge in [-0.1, -0.05) is 102 Å². The van der Waals surface area contributed by atoms with Gasteiger partial charge in [0.05, 0.1) is 26.4 Å². The molecule has 4 aliphatic rings. The minimum Gasteiger partial charge on any atom is -0.469 e. The van der Waals surface area contributed by atoms with Crippen molar-refractivity contribution in [1.82, 2.24) is 0 Å². The van der Waals surface area contributed by atoms with E-state index in [1.54, 1.807) is 0 Å². The maximum atomic E-state index is 15.1. The van der Waals surface area contributed by atoms with E-state index in [9.17, 15) is 4.79 Å². The van der Waals surface area contributed by atoms with Gasteiger partial charge in [-0.2, -0.15) is 0 Å². The number of phosphoric acid groups is 1. The van der Waals surface area contributed by atoms with E-state index in [-0.39, 0.29) is 53.2 Å². The van der Waals surface area contributed by atoms with Gasteiger partial charge in [-0.15, -0.1) is 0 Å². The van der Waals surface area contributed by atoms with Crippen LogP contribution in [0.1, 0.15) is 117 Å². The van der Waals surface area contributed by atoms with Crippen molar-refractivity contribution in [2.75, 3.05) is 7.11 Å². The number of carbonyl (C=O) groups is 1. The molecule has 9 heteroatoms. The highest BCUT2D eigenvalue weighted by atomic mass is 31.2. The molecule has 0 aromatic heterocycles. The maximum Gasteiger partial charge on any atom is 0.475 e. The van der Waals surface area contributed by atoms with Gasteiger partial charge in [-0.3, -0.25) is 18.4 Å². The van der Waals surface area contributed by atoms with Gasteiger partial charge in [0.1, 0.15) is 0 Å². The summed E-state index contributed by atoms with van der Waals surface area (Å²) < 4.78 is 46.9. The summed E-state index contributed by atoms with van der Waals surface area (Å²) in [5, 5.41) is 0.150. The molecule has 4 aliphatic carbocycles. The number of hydrogen-bond donors (Lipinski definition) is 0. The highest BCUT2D eigenvalue weighted by molar-refractivity contribution is 7.48. The summed E-state index contributed by atoms with van der Waals surface area (Å²) in [5.74, 6) is 2.33. The van der Waals surface area contributed by atoms with Gasteiger partial charge in [0.15, 0.2) is 8.32 Å². The number of ether oxygens (including phenoxy) is 1. The van der Waals surface area contributed by atoms with Crippen LogP contribution in [0.4, 0.5) is 0 Å². The lowest BCUT2D eigenvalue weighted by atomic mass is 9.43. The van der Waals surface area contributed by atoms with Crippen molar-refractivity contribution in [3.63, 3.8) is 0 Å². The monoisotopic (exact) mass is 780 g/mol.